The molecule has 0 radical (unpaired) electrons. The predicted octanol–water partition coefficient (Wildman–Crippen LogP) is 1.15. The van der Waals surface area contributed by atoms with E-state index in [2.05, 4.69) is 10.3 Å². The number of nitrogens with zero attached hydrogens (tertiary/aromatic N) is 1. The number of hydrogen-bond acceptors (Lipinski definition) is 4. The highest BCUT2D eigenvalue weighted by Gasteiger charge is 2.13. The number of pyridine rings is 1. The number of hydrogen-bond donors (Lipinski definition) is 2. The molecule has 7 heteroatoms. The second-order valence-electron chi connectivity index (χ2n) is 3.19. The summed E-state index contributed by atoms with van der Waals surface area (Å²) in [6.07, 6.45) is 1.67. The average molecular weight is 282 g/mol. The first-order chi connectivity index (χ1) is 7.15. The maximum absolute atomic E-state index is 11.5. The van der Waals surface area contributed by atoms with Crippen molar-refractivity contribution in [2.24, 2.45) is 5.73 Å². The maximum atomic E-state index is 11.5. The van der Waals surface area contributed by atoms with Crippen LogP contribution in [0.1, 0.15) is 5.69 Å². The van der Waals surface area contributed by atoms with Gasteiger partial charge in [-0.05, 0) is 19.1 Å². The number of carbonyl (C=O) groups excluding carboxylic acids is 1. The highest BCUT2D eigenvalue weighted by Crippen LogP contribution is 2.10. The van der Waals surface area contributed by atoms with Crippen LogP contribution < -0.4 is 11.1 Å². The third kappa shape index (κ3) is 5.83. The maximum Gasteiger partial charge on any atom is 0.243 e. The molecule has 0 saturated carbocycles. The van der Waals surface area contributed by atoms with Gasteiger partial charge in [0.15, 0.2) is 0 Å². The Kier molecular flexibility index (Phi) is 9.98. The Bertz CT molecular complexity index is 350. The Morgan fingerprint density at radius 2 is 2.24 bits per heavy atom. The molecule has 5 nitrogen and oxygen atoms in total. The van der Waals surface area contributed by atoms with Crippen molar-refractivity contribution in [3.8, 4) is 0 Å². The van der Waals surface area contributed by atoms with Crippen LogP contribution in [0.2, 0.25) is 0 Å². The molecule has 98 valence electrons. The van der Waals surface area contributed by atoms with E-state index >= 15 is 0 Å². The molecule has 1 aromatic rings. The lowest BCUT2D eigenvalue weighted by Crippen LogP contribution is -2.39. The quantitative estimate of drug-likeness (QED) is 0.868. The lowest BCUT2D eigenvalue weighted by molar-refractivity contribution is -0.118. The van der Waals surface area contributed by atoms with Crippen molar-refractivity contribution in [2.75, 3.05) is 19.0 Å². The van der Waals surface area contributed by atoms with Gasteiger partial charge in [0.05, 0.1) is 18.0 Å². The highest BCUT2D eigenvalue weighted by atomic mass is 35.5. The Morgan fingerprint density at radius 3 is 2.76 bits per heavy atom. The lowest BCUT2D eigenvalue weighted by atomic mass is 10.2. The topological polar surface area (TPSA) is 77.2 Å². The molecule has 3 N–H and O–H groups in total. The van der Waals surface area contributed by atoms with E-state index in [0.29, 0.717) is 5.69 Å². The molecular formula is C10H17Cl2N3O2. The summed E-state index contributed by atoms with van der Waals surface area (Å²) in [6.45, 7) is 2.02. The molecule has 0 aliphatic carbocycles. The molecule has 0 bridgehead atoms. The number of anilines is 1. The molecule has 0 saturated heterocycles. The van der Waals surface area contributed by atoms with Crippen molar-refractivity contribution in [3.63, 3.8) is 0 Å². The fourth-order valence-corrected chi connectivity index (χ4v) is 1.10. The van der Waals surface area contributed by atoms with E-state index in [0.717, 1.165) is 5.69 Å². The van der Waals surface area contributed by atoms with E-state index in [1.807, 2.05) is 6.92 Å². The van der Waals surface area contributed by atoms with Gasteiger partial charge in [0.1, 0.15) is 6.04 Å². The number of halogens is 2. The summed E-state index contributed by atoms with van der Waals surface area (Å²) in [6, 6.07) is 2.87. The number of nitrogens with one attached hydrogen (secondary N) is 1. The average Bonchev–Trinajstić information content (AvgIpc) is 2.21. The van der Waals surface area contributed by atoms with Crippen LogP contribution in [0.5, 0.6) is 0 Å². The molecule has 1 heterocycles. The summed E-state index contributed by atoms with van der Waals surface area (Å²) in [5.74, 6) is -0.270. The van der Waals surface area contributed by atoms with Gasteiger partial charge in [-0.1, -0.05) is 0 Å². The summed E-state index contributed by atoms with van der Waals surface area (Å²) in [7, 11) is 1.50. The third-order valence-corrected chi connectivity index (χ3v) is 1.95. The van der Waals surface area contributed by atoms with Gasteiger partial charge in [-0.3, -0.25) is 9.78 Å². The van der Waals surface area contributed by atoms with E-state index in [1.165, 1.54) is 7.11 Å². The zero-order valence-electron chi connectivity index (χ0n) is 9.67. The Balaban J connectivity index is 0. The largest absolute Gasteiger partial charge is 0.383 e. The Labute approximate surface area is 113 Å². The van der Waals surface area contributed by atoms with E-state index < -0.39 is 6.04 Å². The van der Waals surface area contributed by atoms with Gasteiger partial charge >= 0.3 is 0 Å². The fourth-order valence-electron chi connectivity index (χ4n) is 1.10. The van der Waals surface area contributed by atoms with Gasteiger partial charge in [0, 0.05) is 13.3 Å². The summed E-state index contributed by atoms with van der Waals surface area (Å²) < 4.78 is 4.79. The number of rotatable bonds is 4. The summed E-state index contributed by atoms with van der Waals surface area (Å²) >= 11 is 0. The SMILES string of the molecule is COCC(N)C(=O)Nc1cccnc1C.Cl.Cl. The normalized spacial score (nSPS) is 10.8. The molecule has 0 fully saturated rings. The van der Waals surface area contributed by atoms with Gasteiger partial charge in [-0.15, -0.1) is 24.8 Å². The van der Waals surface area contributed by atoms with Gasteiger partial charge in [0.25, 0.3) is 0 Å². The van der Waals surface area contributed by atoms with Crippen molar-refractivity contribution < 1.29 is 9.53 Å². The minimum atomic E-state index is -0.658. The summed E-state index contributed by atoms with van der Waals surface area (Å²) in [4.78, 5) is 15.6. The van der Waals surface area contributed by atoms with Crippen molar-refractivity contribution in [2.45, 2.75) is 13.0 Å². The summed E-state index contributed by atoms with van der Waals surface area (Å²) in [5, 5.41) is 2.69. The molecule has 0 spiro atoms. The van der Waals surface area contributed by atoms with E-state index in [4.69, 9.17) is 10.5 Å². The van der Waals surface area contributed by atoms with Gasteiger partial charge in [-0.25, -0.2) is 0 Å². The zero-order valence-corrected chi connectivity index (χ0v) is 11.3. The molecule has 1 aromatic heterocycles. The molecular weight excluding hydrogens is 265 g/mol. The molecule has 0 aliphatic rings. The Hall–Kier alpha value is -0.880. The molecule has 1 amide bonds. The molecule has 17 heavy (non-hydrogen) atoms. The summed E-state index contributed by atoms with van der Waals surface area (Å²) in [5.41, 5.74) is 7.00. The second kappa shape index (κ2) is 9.18. The van der Waals surface area contributed by atoms with Gasteiger partial charge < -0.3 is 15.8 Å². The molecule has 0 aromatic carbocycles. The minimum absolute atomic E-state index is 0. The van der Waals surface area contributed by atoms with E-state index in [1.54, 1.807) is 18.3 Å². The monoisotopic (exact) mass is 281 g/mol. The minimum Gasteiger partial charge on any atom is -0.383 e. The number of aryl methyl sites for hydroxylation is 1. The fraction of sp³-hybridized carbons (Fsp3) is 0.400. The molecule has 1 atom stereocenters. The van der Waals surface area contributed by atoms with Crippen LogP contribution >= 0.6 is 24.8 Å². The van der Waals surface area contributed by atoms with Crippen molar-refractivity contribution in [3.05, 3.63) is 24.0 Å². The van der Waals surface area contributed by atoms with E-state index in [-0.39, 0.29) is 37.3 Å². The number of nitrogens with two attached hydrogens (primary N) is 1. The van der Waals surface area contributed by atoms with Crippen LogP contribution in [0.3, 0.4) is 0 Å². The van der Waals surface area contributed by atoms with Crippen LogP contribution in [-0.4, -0.2) is 30.6 Å². The standard InChI is InChI=1S/C10H15N3O2.2ClH/c1-7-9(4-3-5-12-7)13-10(14)8(11)6-15-2;;/h3-5,8H,6,11H2,1-2H3,(H,13,14);2*1H. The highest BCUT2D eigenvalue weighted by molar-refractivity contribution is 5.95. The number of methoxy groups -OCH3 is 1. The number of carbonyl (C=O) groups is 1. The van der Waals surface area contributed by atoms with Gasteiger partial charge in [-0.2, -0.15) is 0 Å². The number of aromatic nitrogens is 1. The van der Waals surface area contributed by atoms with E-state index in [9.17, 15) is 4.79 Å². The molecule has 0 aliphatic heterocycles. The molecule has 1 rings (SSSR count). The second-order valence-corrected chi connectivity index (χ2v) is 3.19. The molecule has 1 unspecified atom stereocenters. The predicted molar refractivity (Wildman–Crippen MR) is 72.0 cm³/mol. The smallest absolute Gasteiger partial charge is 0.243 e. The van der Waals surface area contributed by atoms with Crippen LogP contribution in [0.25, 0.3) is 0 Å². The van der Waals surface area contributed by atoms with Crippen LogP contribution in [-0.2, 0) is 9.53 Å². The van der Waals surface area contributed by atoms with Gasteiger partial charge in [0.2, 0.25) is 5.91 Å². The van der Waals surface area contributed by atoms with Crippen LogP contribution in [0.4, 0.5) is 5.69 Å². The third-order valence-electron chi connectivity index (χ3n) is 1.95. The zero-order chi connectivity index (χ0) is 11.3. The first-order valence-electron chi connectivity index (χ1n) is 4.62. The number of ether oxygens (including phenoxy) is 1. The first kappa shape index (κ1) is 18.5. The Morgan fingerprint density at radius 1 is 1.59 bits per heavy atom. The lowest BCUT2D eigenvalue weighted by Gasteiger charge is -2.12. The van der Waals surface area contributed by atoms with Crippen LogP contribution in [0.15, 0.2) is 18.3 Å². The van der Waals surface area contributed by atoms with Crippen molar-refractivity contribution in [1.82, 2.24) is 4.98 Å². The van der Waals surface area contributed by atoms with Crippen LogP contribution in [0, 0.1) is 6.92 Å². The van der Waals surface area contributed by atoms with Crippen molar-refractivity contribution >= 4 is 36.4 Å². The van der Waals surface area contributed by atoms with Crippen molar-refractivity contribution in [1.29, 1.82) is 0 Å². The number of amides is 1. The first-order valence-corrected chi connectivity index (χ1v) is 4.62.